The van der Waals surface area contributed by atoms with Crippen molar-refractivity contribution in [1.82, 2.24) is 15.4 Å². The van der Waals surface area contributed by atoms with E-state index in [2.05, 4.69) is 15.4 Å². The predicted molar refractivity (Wildman–Crippen MR) is 89.4 cm³/mol. The summed E-state index contributed by atoms with van der Waals surface area (Å²) in [6.07, 6.45) is 2.13. The summed E-state index contributed by atoms with van der Waals surface area (Å²) in [5.41, 5.74) is 1.03. The van der Waals surface area contributed by atoms with E-state index in [-0.39, 0.29) is 30.7 Å². The summed E-state index contributed by atoms with van der Waals surface area (Å²) in [7, 11) is 0. The molecule has 25 heavy (non-hydrogen) atoms. The van der Waals surface area contributed by atoms with Gasteiger partial charge < -0.3 is 14.9 Å². The fraction of sp³-hybridized carbons (Fsp3) is 0.444. The first-order valence-electron chi connectivity index (χ1n) is 8.44. The fourth-order valence-electron chi connectivity index (χ4n) is 3.26. The molecule has 1 aliphatic rings. The van der Waals surface area contributed by atoms with Gasteiger partial charge in [-0.3, -0.25) is 9.69 Å². The van der Waals surface area contributed by atoms with Gasteiger partial charge in [-0.15, -0.1) is 0 Å². The first kappa shape index (κ1) is 17.6. The molecule has 2 aromatic rings. The van der Waals surface area contributed by atoms with Crippen molar-refractivity contribution in [2.24, 2.45) is 0 Å². The van der Waals surface area contributed by atoms with E-state index < -0.39 is 5.91 Å². The van der Waals surface area contributed by atoms with Gasteiger partial charge in [0.2, 0.25) is 0 Å². The zero-order valence-electron chi connectivity index (χ0n) is 14.2. The van der Waals surface area contributed by atoms with E-state index >= 15 is 0 Å². The molecule has 0 spiro atoms. The summed E-state index contributed by atoms with van der Waals surface area (Å²) in [6, 6.07) is 6.41. The molecule has 0 bridgehead atoms. The number of aliphatic hydroxyl groups is 1. The van der Waals surface area contributed by atoms with E-state index in [0.29, 0.717) is 16.9 Å². The molecule has 1 amide bonds. The molecular formula is C18H22FN3O3. The van der Waals surface area contributed by atoms with Crippen LogP contribution in [0, 0.1) is 12.7 Å². The van der Waals surface area contributed by atoms with Crippen LogP contribution in [0.2, 0.25) is 0 Å². The van der Waals surface area contributed by atoms with Crippen LogP contribution in [0.4, 0.5) is 4.39 Å². The Morgan fingerprint density at radius 2 is 2.12 bits per heavy atom. The van der Waals surface area contributed by atoms with Gasteiger partial charge in [0.1, 0.15) is 11.6 Å². The smallest absolute Gasteiger partial charge is 0.273 e. The summed E-state index contributed by atoms with van der Waals surface area (Å²) >= 11 is 0. The number of aliphatic hydroxyl groups excluding tert-OH is 1. The maximum absolute atomic E-state index is 14.3. The highest BCUT2D eigenvalue weighted by Crippen LogP contribution is 2.26. The van der Waals surface area contributed by atoms with Gasteiger partial charge in [0.05, 0.1) is 18.2 Å². The van der Waals surface area contributed by atoms with Crippen LogP contribution in [0.1, 0.15) is 46.3 Å². The molecule has 134 valence electrons. The number of benzene rings is 1. The number of carbonyl (C=O) groups excluding carboxylic acids is 1. The Hall–Kier alpha value is -2.25. The number of likely N-dealkylation sites (tertiary alicyclic amines) is 1. The molecule has 1 aromatic carbocycles. The van der Waals surface area contributed by atoms with E-state index in [1.807, 2.05) is 0 Å². The van der Waals surface area contributed by atoms with Gasteiger partial charge in [-0.1, -0.05) is 23.4 Å². The van der Waals surface area contributed by atoms with Gasteiger partial charge in [0, 0.05) is 12.1 Å². The summed E-state index contributed by atoms with van der Waals surface area (Å²) in [5, 5.41) is 15.9. The monoisotopic (exact) mass is 347 g/mol. The molecule has 1 atom stereocenters. The summed E-state index contributed by atoms with van der Waals surface area (Å²) in [4.78, 5) is 14.6. The zero-order chi connectivity index (χ0) is 17.8. The number of nitrogens with zero attached hydrogens (tertiary/aromatic N) is 2. The Morgan fingerprint density at radius 1 is 1.40 bits per heavy atom. The zero-order valence-corrected chi connectivity index (χ0v) is 14.2. The molecule has 0 aliphatic carbocycles. The van der Waals surface area contributed by atoms with Gasteiger partial charge in [-0.25, -0.2) is 4.39 Å². The van der Waals surface area contributed by atoms with Crippen molar-refractivity contribution in [2.45, 2.75) is 32.4 Å². The van der Waals surface area contributed by atoms with Crippen LogP contribution in [0.25, 0.3) is 0 Å². The van der Waals surface area contributed by atoms with Gasteiger partial charge in [0.15, 0.2) is 5.69 Å². The van der Waals surface area contributed by atoms with Gasteiger partial charge in [-0.05, 0) is 38.9 Å². The van der Waals surface area contributed by atoms with Crippen LogP contribution in [0.5, 0.6) is 0 Å². The molecule has 0 radical (unpaired) electrons. The molecule has 1 aromatic heterocycles. The highest BCUT2D eigenvalue weighted by Gasteiger charge is 2.27. The lowest BCUT2D eigenvalue weighted by molar-refractivity contribution is 0.0925. The minimum absolute atomic E-state index is 0.0775. The molecule has 2 N–H and O–H groups in total. The minimum Gasteiger partial charge on any atom is -0.391 e. The van der Waals surface area contributed by atoms with Crippen molar-refractivity contribution in [3.8, 4) is 0 Å². The number of hydrogen-bond donors (Lipinski definition) is 2. The molecule has 1 fully saturated rings. The number of aryl methyl sites for hydroxylation is 1. The molecule has 0 unspecified atom stereocenters. The average molecular weight is 347 g/mol. The van der Waals surface area contributed by atoms with Crippen LogP contribution < -0.4 is 5.32 Å². The van der Waals surface area contributed by atoms with Crippen LogP contribution >= 0.6 is 0 Å². The third-order valence-electron chi connectivity index (χ3n) is 4.66. The van der Waals surface area contributed by atoms with E-state index in [1.54, 1.807) is 25.1 Å². The number of amides is 1. The van der Waals surface area contributed by atoms with E-state index in [1.165, 1.54) is 6.07 Å². The van der Waals surface area contributed by atoms with Gasteiger partial charge in [-0.2, -0.15) is 0 Å². The average Bonchev–Trinajstić information content (AvgIpc) is 3.26. The highest BCUT2D eigenvalue weighted by molar-refractivity contribution is 5.93. The molecule has 1 aliphatic heterocycles. The Morgan fingerprint density at radius 3 is 2.80 bits per heavy atom. The third-order valence-corrected chi connectivity index (χ3v) is 4.66. The number of halogens is 1. The van der Waals surface area contributed by atoms with Crippen molar-refractivity contribution in [3.63, 3.8) is 0 Å². The standard InChI is InChI=1S/C18H22FN3O3/c1-12-14(11-23)17(21-25-12)18(24)20-10-16(22-8-4-5-9-22)13-6-2-3-7-15(13)19/h2-3,6-7,16,23H,4-5,8-11H2,1H3,(H,20,24)/t16-/m0/s1. The Labute approximate surface area is 145 Å². The topological polar surface area (TPSA) is 78.6 Å². The number of aromatic nitrogens is 1. The van der Waals surface area contributed by atoms with Crippen LogP contribution in [-0.4, -0.2) is 40.7 Å². The lowest BCUT2D eigenvalue weighted by Crippen LogP contribution is -2.37. The predicted octanol–water partition coefficient (Wildman–Crippen LogP) is 2.18. The maximum atomic E-state index is 14.3. The first-order valence-corrected chi connectivity index (χ1v) is 8.44. The fourth-order valence-corrected chi connectivity index (χ4v) is 3.26. The molecule has 6 nitrogen and oxygen atoms in total. The van der Waals surface area contributed by atoms with E-state index in [0.717, 1.165) is 25.9 Å². The first-order chi connectivity index (χ1) is 12.1. The Kier molecular flexibility index (Phi) is 5.45. The van der Waals surface area contributed by atoms with E-state index in [4.69, 9.17) is 4.52 Å². The molecule has 1 saturated heterocycles. The number of nitrogens with one attached hydrogen (secondary N) is 1. The second kappa shape index (κ2) is 7.76. The van der Waals surface area contributed by atoms with Crippen LogP contribution in [0.15, 0.2) is 28.8 Å². The molecule has 0 saturated carbocycles. The highest BCUT2D eigenvalue weighted by atomic mass is 19.1. The normalized spacial score (nSPS) is 16.1. The summed E-state index contributed by atoms with van der Waals surface area (Å²) in [5.74, 6) is -0.291. The van der Waals surface area contributed by atoms with E-state index in [9.17, 15) is 14.3 Å². The van der Waals surface area contributed by atoms with Crippen LogP contribution in [0.3, 0.4) is 0 Å². The van der Waals surface area contributed by atoms with Gasteiger partial charge >= 0.3 is 0 Å². The molecule has 3 rings (SSSR count). The summed E-state index contributed by atoms with van der Waals surface area (Å²) < 4.78 is 19.2. The van der Waals surface area contributed by atoms with Crippen molar-refractivity contribution in [2.75, 3.05) is 19.6 Å². The molecule has 7 heteroatoms. The second-order valence-corrected chi connectivity index (χ2v) is 6.21. The Bertz CT molecular complexity index is 741. The number of hydrogen-bond acceptors (Lipinski definition) is 5. The lowest BCUT2D eigenvalue weighted by atomic mass is 10.0. The number of rotatable bonds is 6. The maximum Gasteiger partial charge on any atom is 0.273 e. The lowest BCUT2D eigenvalue weighted by Gasteiger charge is -2.28. The Balaban J connectivity index is 1.76. The largest absolute Gasteiger partial charge is 0.391 e. The second-order valence-electron chi connectivity index (χ2n) is 6.21. The molecular weight excluding hydrogens is 325 g/mol. The molecule has 2 heterocycles. The van der Waals surface area contributed by atoms with Crippen molar-refractivity contribution in [3.05, 3.63) is 52.7 Å². The SMILES string of the molecule is Cc1onc(C(=O)NC[C@@H](c2ccccc2F)N2CCCC2)c1CO. The van der Waals surface area contributed by atoms with Crippen molar-refractivity contribution < 1.29 is 18.8 Å². The van der Waals surface area contributed by atoms with Crippen molar-refractivity contribution in [1.29, 1.82) is 0 Å². The van der Waals surface area contributed by atoms with Gasteiger partial charge in [0.25, 0.3) is 5.91 Å². The number of carbonyl (C=O) groups is 1. The summed E-state index contributed by atoms with van der Waals surface area (Å²) in [6.45, 7) is 3.33. The quantitative estimate of drug-likeness (QED) is 0.837. The minimum atomic E-state index is -0.429. The van der Waals surface area contributed by atoms with Crippen molar-refractivity contribution >= 4 is 5.91 Å². The van der Waals surface area contributed by atoms with Crippen LogP contribution in [-0.2, 0) is 6.61 Å². The third kappa shape index (κ3) is 3.72.